The number of hydrogen-bond acceptors (Lipinski definition) is 4. The SMILES string of the molecule is CN=C(NCc1csc(-c2ccccc2)n1)N1CCC(N2CCCCC2)C1. The average molecular weight is 384 g/mol. The Morgan fingerprint density at radius 3 is 2.78 bits per heavy atom. The first-order valence-corrected chi connectivity index (χ1v) is 10.9. The molecule has 2 aromatic rings. The Kier molecular flexibility index (Phi) is 6.04. The topological polar surface area (TPSA) is 43.8 Å². The molecule has 0 amide bonds. The summed E-state index contributed by atoms with van der Waals surface area (Å²) in [7, 11) is 1.88. The van der Waals surface area contributed by atoms with E-state index in [-0.39, 0.29) is 0 Å². The second-order valence-corrected chi connectivity index (χ2v) is 8.25. The predicted octanol–water partition coefficient (Wildman–Crippen LogP) is 3.45. The molecule has 2 saturated heterocycles. The summed E-state index contributed by atoms with van der Waals surface area (Å²) in [5.74, 6) is 1.00. The van der Waals surface area contributed by atoms with E-state index in [9.17, 15) is 0 Å². The van der Waals surface area contributed by atoms with E-state index < -0.39 is 0 Å². The fourth-order valence-corrected chi connectivity index (χ4v) is 4.94. The van der Waals surface area contributed by atoms with Crippen LogP contribution in [0.5, 0.6) is 0 Å². The van der Waals surface area contributed by atoms with E-state index in [1.807, 2.05) is 13.1 Å². The van der Waals surface area contributed by atoms with Crippen LogP contribution in [0.1, 0.15) is 31.4 Å². The third-order valence-electron chi connectivity index (χ3n) is 5.58. The van der Waals surface area contributed by atoms with Crippen LogP contribution in [0.2, 0.25) is 0 Å². The molecule has 2 aliphatic rings. The molecule has 1 aromatic carbocycles. The molecule has 1 atom stereocenters. The Bertz CT molecular complexity index is 751. The van der Waals surface area contributed by atoms with Crippen LogP contribution in [-0.2, 0) is 6.54 Å². The minimum absolute atomic E-state index is 0.688. The molecular formula is C21H29N5S. The van der Waals surface area contributed by atoms with Crippen molar-refractivity contribution in [3.8, 4) is 10.6 Å². The molecule has 1 aromatic heterocycles. The van der Waals surface area contributed by atoms with Crippen LogP contribution in [0, 0.1) is 0 Å². The summed E-state index contributed by atoms with van der Waals surface area (Å²) in [6.45, 7) is 5.44. The van der Waals surface area contributed by atoms with E-state index in [0.717, 1.165) is 36.3 Å². The Morgan fingerprint density at radius 2 is 2.00 bits per heavy atom. The molecule has 1 unspecified atom stereocenters. The van der Waals surface area contributed by atoms with Gasteiger partial charge in [-0.2, -0.15) is 0 Å². The lowest BCUT2D eigenvalue weighted by Gasteiger charge is -2.32. The Hall–Kier alpha value is -1.92. The van der Waals surface area contributed by atoms with Gasteiger partial charge in [-0.05, 0) is 32.4 Å². The van der Waals surface area contributed by atoms with Crippen molar-refractivity contribution in [3.63, 3.8) is 0 Å². The highest BCUT2D eigenvalue weighted by atomic mass is 32.1. The van der Waals surface area contributed by atoms with E-state index in [0.29, 0.717) is 6.04 Å². The van der Waals surface area contributed by atoms with Crippen molar-refractivity contribution in [1.29, 1.82) is 0 Å². The van der Waals surface area contributed by atoms with Crippen LogP contribution >= 0.6 is 11.3 Å². The summed E-state index contributed by atoms with van der Waals surface area (Å²) in [5.41, 5.74) is 2.26. The van der Waals surface area contributed by atoms with E-state index in [2.05, 4.69) is 49.8 Å². The van der Waals surface area contributed by atoms with Gasteiger partial charge in [0.2, 0.25) is 0 Å². The van der Waals surface area contributed by atoms with Crippen molar-refractivity contribution in [2.45, 2.75) is 38.3 Å². The lowest BCUT2D eigenvalue weighted by molar-refractivity contribution is 0.168. The Morgan fingerprint density at radius 1 is 1.19 bits per heavy atom. The number of nitrogens with one attached hydrogen (secondary N) is 1. The van der Waals surface area contributed by atoms with E-state index >= 15 is 0 Å². The summed E-state index contributed by atoms with van der Waals surface area (Å²) >= 11 is 1.70. The molecular weight excluding hydrogens is 354 g/mol. The largest absolute Gasteiger partial charge is 0.351 e. The van der Waals surface area contributed by atoms with Crippen molar-refractivity contribution in [2.24, 2.45) is 4.99 Å². The van der Waals surface area contributed by atoms with Gasteiger partial charge in [0.15, 0.2) is 5.96 Å². The first-order valence-electron chi connectivity index (χ1n) is 10.0. The van der Waals surface area contributed by atoms with E-state index in [4.69, 9.17) is 4.98 Å². The molecule has 2 fully saturated rings. The van der Waals surface area contributed by atoms with Crippen LogP contribution < -0.4 is 5.32 Å². The monoisotopic (exact) mass is 383 g/mol. The third kappa shape index (κ3) is 4.50. The van der Waals surface area contributed by atoms with Crippen molar-refractivity contribution >= 4 is 17.3 Å². The number of nitrogens with zero attached hydrogens (tertiary/aromatic N) is 4. The minimum atomic E-state index is 0.688. The van der Waals surface area contributed by atoms with Gasteiger partial charge < -0.3 is 10.2 Å². The molecule has 0 radical (unpaired) electrons. The van der Waals surface area contributed by atoms with Crippen molar-refractivity contribution in [3.05, 3.63) is 41.4 Å². The molecule has 6 heteroatoms. The third-order valence-corrected chi connectivity index (χ3v) is 6.52. The molecule has 5 nitrogen and oxygen atoms in total. The van der Waals surface area contributed by atoms with Gasteiger partial charge in [-0.3, -0.25) is 9.89 Å². The van der Waals surface area contributed by atoms with Gasteiger partial charge in [0.05, 0.1) is 12.2 Å². The second-order valence-electron chi connectivity index (χ2n) is 7.40. The lowest BCUT2D eigenvalue weighted by Crippen LogP contribution is -2.44. The van der Waals surface area contributed by atoms with Crippen molar-refractivity contribution in [2.75, 3.05) is 33.2 Å². The predicted molar refractivity (Wildman–Crippen MR) is 113 cm³/mol. The smallest absolute Gasteiger partial charge is 0.194 e. The molecule has 0 aliphatic carbocycles. The first-order chi connectivity index (χ1) is 13.3. The lowest BCUT2D eigenvalue weighted by atomic mass is 10.1. The number of hydrogen-bond donors (Lipinski definition) is 1. The number of benzene rings is 1. The van der Waals surface area contributed by atoms with Crippen LogP contribution in [0.3, 0.4) is 0 Å². The molecule has 144 valence electrons. The first kappa shape index (κ1) is 18.4. The number of rotatable bonds is 4. The molecule has 2 aliphatic heterocycles. The molecule has 1 N–H and O–H groups in total. The molecule has 0 saturated carbocycles. The highest BCUT2D eigenvalue weighted by Gasteiger charge is 2.29. The van der Waals surface area contributed by atoms with Gasteiger partial charge in [0.1, 0.15) is 5.01 Å². The maximum atomic E-state index is 4.78. The standard InChI is InChI=1S/C21H29N5S/c1-22-21(26-13-10-19(15-26)25-11-6-3-7-12-25)23-14-18-16-27-20(24-18)17-8-4-2-5-9-17/h2,4-5,8-9,16,19H,3,6-7,10-15H2,1H3,(H,22,23). The van der Waals surface area contributed by atoms with E-state index in [1.54, 1.807) is 11.3 Å². The maximum absolute atomic E-state index is 4.78. The van der Waals surface area contributed by atoms with E-state index in [1.165, 1.54) is 44.3 Å². The highest BCUT2D eigenvalue weighted by molar-refractivity contribution is 7.13. The summed E-state index contributed by atoms with van der Waals surface area (Å²) in [5, 5.41) is 6.74. The Balaban J connectivity index is 1.31. The summed E-state index contributed by atoms with van der Waals surface area (Å²) < 4.78 is 0. The molecule has 3 heterocycles. The van der Waals surface area contributed by atoms with Crippen LogP contribution in [-0.4, -0.2) is 60.0 Å². The Labute approximate surface area is 166 Å². The molecule has 4 rings (SSSR count). The summed E-state index contributed by atoms with van der Waals surface area (Å²) in [4.78, 5) is 14.4. The fourth-order valence-electron chi connectivity index (χ4n) is 4.12. The number of likely N-dealkylation sites (tertiary alicyclic amines) is 2. The number of thiazole rings is 1. The number of aromatic nitrogens is 1. The molecule has 0 bridgehead atoms. The maximum Gasteiger partial charge on any atom is 0.194 e. The van der Waals surface area contributed by atoms with Gasteiger partial charge in [-0.1, -0.05) is 36.8 Å². The number of guanidine groups is 1. The zero-order valence-electron chi connectivity index (χ0n) is 16.1. The number of aliphatic imine (C=N–C) groups is 1. The van der Waals surface area contributed by atoms with Gasteiger partial charge in [0, 0.05) is 37.1 Å². The zero-order valence-corrected chi connectivity index (χ0v) is 16.9. The summed E-state index contributed by atoms with van der Waals surface area (Å²) in [6, 6.07) is 11.1. The normalized spacial score (nSPS) is 21.6. The van der Waals surface area contributed by atoms with Gasteiger partial charge in [0.25, 0.3) is 0 Å². The summed E-state index contributed by atoms with van der Waals surface area (Å²) in [6.07, 6.45) is 5.36. The quantitative estimate of drug-likeness (QED) is 0.649. The van der Waals surface area contributed by atoms with Crippen LogP contribution in [0.25, 0.3) is 10.6 Å². The fraction of sp³-hybridized carbons (Fsp3) is 0.524. The zero-order chi connectivity index (χ0) is 18.5. The molecule has 0 spiro atoms. The molecule has 27 heavy (non-hydrogen) atoms. The van der Waals surface area contributed by atoms with Gasteiger partial charge in [-0.25, -0.2) is 4.98 Å². The number of piperidine rings is 1. The average Bonchev–Trinajstić information content (AvgIpc) is 3.40. The highest BCUT2D eigenvalue weighted by Crippen LogP contribution is 2.23. The van der Waals surface area contributed by atoms with Crippen molar-refractivity contribution in [1.82, 2.24) is 20.1 Å². The van der Waals surface area contributed by atoms with Crippen LogP contribution in [0.15, 0.2) is 40.7 Å². The second kappa shape index (κ2) is 8.85. The van der Waals surface area contributed by atoms with Gasteiger partial charge in [-0.15, -0.1) is 11.3 Å². The van der Waals surface area contributed by atoms with Crippen LogP contribution in [0.4, 0.5) is 0 Å². The minimum Gasteiger partial charge on any atom is -0.351 e. The van der Waals surface area contributed by atoms with Crippen molar-refractivity contribution < 1.29 is 0 Å². The van der Waals surface area contributed by atoms with Gasteiger partial charge >= 0.3 is 0 Å².